The van der Waals surface area contributed by atoms with Gasteiger partial charge in [-0.2, -0.15) is 0 Å². The van der Waals surface area contributed by atoms with E-state index in [0.717, 1.165) is 16.1 Å². The molecule has 0 aliphatic heterocycles. The number of rotatable bonds is 4. The van der Waals surface area contributed by atoms with Crippen LogP contribution in [0.15, 0.2) is 59.5 Å². The normalized spacial score (nSPS) is 9.95. The van der Waals surface area contributed by atoms with Crippen LogP contribution in [0.25, 0.3) is 0 Å². The van der Waals surface area contributed by atoms with Gasteiger partial charge in [0.25, 0.3) is 0 Å². The van der Waals surface area contributed by atoms with Gasteiger partial charge in [-0.3, -0.25) is 5.32 Å². The highest BCUT2D eigenvalue weighted by Crippen LogP contribution is 2.24. The minimum Gasteiger partial charge on any atom is -0.444 e. The van der Waals surface area contributed by atoms with E-state index in [4.69, 9.17) is 4.74 Å². The number of anilines is 1. The van der Waals surface area contributed by atoms with Gasteiger partial charge in [0.15, 0.2) is 0 Å². The molecular weight excluding hydrogens is 258 g/mol. The highest BCUT2D eigenvalue weighted by Gasteiger charge is 2.06. The first-order chi connectivity index (χ1) is 9.29. The van der Waals surface area contributed by atoms with Crippen molar-refractivity contribution in [1.82, 2.24) is 0 Å². The van der Waals surface area contributed by atoms with Crippen molar-refractivity contribution in [3.63, 3.8) is 0 Å². The molecule has 2 rings (SSSR count). The molecule has 4 heteroatoms. The van der Waals surface area contributed by atoms with Crippen LogP contribution in [0.1, 0.15) is 5.56 Å². The maximum atomic E-state index is 11.7. The summed E-state index contributed by atoms with van der Waals surface area (Å²) in [6.07, 6.45) is 1.53. The van der Waals surface area contributed by atoms with Crippen LogP contribution in [0.2, 0.25) is 0 Å². The summed E-state index contributed by atoms with van der Waals surface area (Å²) in [6, 6.07) is 17.2. The molecule has 0 unspecified atom stereocenters. The molecule has 1 amide bonds. The van der Waals surface area contributed by atoms with Crippen molar-refractivity contribution >= 4 is 23.5 Å². The number of hydrogen-bond acceptors (Lipinski definition) is 3. The Labute approximate surface area is 117 Å². The second-order valence-electron chi connectivity index (χ2n) is 3.89. The van der Waals surface area contributed by atoms with E-state index in [1.54, 1.807) is 11.8 Å². The lowest BCUT2D eigenvalue weighted by Crippen LogP contribution is -2.14. The van der Waals surface area contributed by atoms with Crippen LogP contribution in [0.5, 0.6) is 0 Å². The summed E-state index contributed by atoms with van der Waals surface area (Å²) in [6.45, 7) is 0.272. The van der Waals surface area contributed by atoms with Gasteiger partial charge in [0.1, 0.15) is 6.61 Å². The van der Waals surface area contributed by atoms with Gasteiger partial charge in [-0.1, -0.05) is 42.5 Å². The van der Waals surface area contributed by atoms with E-state index in [1.807, 2.05) is 60.9 Å². The fourth-order valence-corrected chi connectivity index (χ4v) is 2.17. The third-order valence-corrected chi connectivity index (χ3v) is 3.35. The number of amides is 1. The number of para-hydroxylation sites is 1. The second kappa shape index (κ2) is 6.85. The first-order valence-electron chi connectivity index (χ1n) is 5.90. The van der Waals surface area contributed by atoms with Crippen molar-refractivity contribution in [1.29, 1.82) is 0 Å². The first-order valence-corrected chi connectivity index (χ1v) is 7.13. The quantitative estimate of drug-likeness (QED) is 0.850. The Morgan fingerprint density at radius 1 is 1.11 bits per heavy atom. The van der Waals surface area contributed by atoms with Gasteiger partial charge in [-0.05, 0) is 24.0 Å². The zero-order valence-corrected chi connectivity index (χ0v) is 11.4. The fourth-order valence-electron chi connectivity index (χ4n) is 1.62. The van der Waals surface area contributed by atoms with Crippen LogP contribution in [0.3, 0.4) is 0 Å². The van der Waals surface area contributed by atoms with Crippen LogP contribution in [0, 0.1) is 0 Å². The number of ether oxygens (including phenoxy) is 1. The molecule has 2 aromatic carbocycles. The van der Waals surface area contributed by atoms with Crippen molar-refractivity contribution in [2.45, 2.75) is 11.5 Å². The summed E-state index contributed by atoms with van der Waals surface area (Å²) in [5.41, 5.74) is 1.74. The molecule has 0 bridgehead atoms. The van der Waals surface area contributed by atoms with Crippen LogP contribution < -0.4 is 5.32 Å². The molecule has 19 heavy (non-hydrogen) atoms. The van der Waals surface area contributed by atoms with Crippen molar-refractivity contribution in [3.05, 3.63) is 60.2 Å². The number of hydrogen-bond donors (Lipinski definition) is 1. The van der Waals surface area contributed by atoms with E-state index < -0.39 is 6.09 Å². The van der Waals surface area contributed by atoms with E-state index in [1.165, 1.54) is 0 Å². The molecule has 0 radical (unpaired) electrons. The summed E-state index contributed by atoms with van der Waals surface area (Å²) in [5.74, 6) is 0. The third kappa shape index (κ3) is 4.03. The second-order valence-corrected chi connectivity index (χ2v) is 4.74. The molecule has 0 fully saturated rings. The number of thioether (sulfide) groups is 1. The lowest BCUT2D eigenvalue weighted by molar-refractivity contribution is 0.155. The highest BCUT2D eigenvalue weighted by atomic mass is 32.2. The Morgan fingerprint density at radius 2 is 1.79 bits per heavy atom. The topological polar surface area (TPSA) is 38.3 Å². The summed E-state index contributed by atoms with van der Waals surface area (Å²) < 4.78 is 5.17. The molecule has 0 saturated carbocycles. The Balaban J connectivity index is 1.91. The monoisotopic (exact) mass is 273 g/mol. The Kier molecular flexibility index (Phi) is 4.86. The SMILES string of the molecule is CSc1ccccc1NC(=O)OCc1ccccc1. The van der Waals surface area contributed by atoms with Gasteiger partial charge in [-0.15, -0.1) is 11.8 Å². The van der Waals surface area contributed by atoms with Gasteiger partial charge in [-0.25, -0.2) is 4.79 Å². The lowest BCUT2D eigenvalue weighted by atomic mass is 10.2. The van der Waals surface area contributed by atoms with Gasteiger partial charge in [0, 0.05) is 4.90 Å². The summed E-state index contributed by atoms with van der Waals surface area (Å²) in [7, 11) is 0. The minimum absolute atomic E-state index is 0.272. The van der Waals surface area contributed by atoms with Gasteiger partial charge < -0.3 is 4.74 Å². The molecular formula is C15H15NO2S. The molecule has 3 nitrogen and oxygen atoms in total. The summed E-state index contributed by atoms with van der Waals surface area (Å²) in [5, 5.41) is 2.75. The molecule has 2 aromatic rings. The Bertz CT molecular complexity index is 543. The summed E-state index contributed by atoms with van der Waals surface area (Å²) >= 11 is 1.58. The zero-order chi connectivity index (χ0) is 13.5. The zero-order valence-electron chi connectivity index (χ0n) is 10.6. The third-order valence-electron chi connectivity index (χ3n) is 2.56. The predicted octanol–water partition coefficient (Wildman–Crippen LogP) is 4.16. The number of carbonyl (C=O) groups is 1. The molecule has 0 aliphatic rings. The van der Waals surface area contributed by atoms with Crippen LogP contribution in [-0.4, -0.2) is 12.3 Å². The Hall–Kier alpha value is -1.94. The molecule has 0 spiro atoms. The summed E-state index contributed by atoms with van der Waals surface area (Å²) in [4.78, 5) is 12.7. The van der Waals surface area contributed by atoms with Crippen LogP contribution >= 0.6 is 11.8 Å². The van der Waals surface area contributed by atoms with Crippen molar-refractivity contribution in [2.75, 3.05) is 11.6 Å². The molecule has 0 saturated heterocycles. The Morgan fingerprint density at radius 3 is 2.53 bits per heavy atom. The minimum atomic E-state index is -0.439. The van der Waals surface area contributed by atoms with Crippen molar-refractivity contribution in [2.24, 2.45) is 0 Å². The molecule has 98 valence electrons. The van der Waals surface area contributed by atoms with Crippen LogP contribution in [-0.2, 0) is 11.3 Å². The molecule has 1 N–H and O–H groups in total. The maximum absolute atomic E-state index is 11.7. The van der Waals surface area contributed by atoms with Gasteiger partial charge in [0.05, 0.1) is 5.69 Å². The average molecular weight is 273 g/mol. The van der Waals surface area contributed by atoms with E-state index in [-0.39, 0.29) is 6.61 Å². The smallest absolute Gasteiger partial charge is 0.411 e. The van der Waals surface area contributed by atoms with Crippen molar-refractivity contribution in [3.8, 4) is 0 Å². The highest BCUT2D eigenvalue weighted by molar-refractivity contribution is 7.98. The van der Waals surface area contributed by atoms with Crippen LogP contribution in [0.4, 0.5) is 10.5 Å². The van der Waals surface area contributed by atoms with E-state index >= 15 is 0 Å². The first kappa shape index (κ1) is 13.5. The number of carbonyl (C=O) groups excluding carboxylic acids is 1. The molecule has 0 aliphatic carbocycles. The van der Waals surface area contributed by atoms with E-state index in [9.17, 15) is 4.79 Å². The number of nitrogens with one attached hydrogen (secondary N) is 1. The van der Waals surface area contributed by atoms with E-state index in [0.29, 0.717) is 0 Å². The fraction of sp³-hybridized carbons (Fsp3) is 0.133. The average Bonchev–Trinajstić information content (AvgIpc) is 2.47. The lowest BCUT2D eigenvalue weighted by Gasteiger charge is -2.09. The number of benzene rings is 2. The van der Waals surface area contributed by atoms with Gasteiger partial charge >= 0.3 is 6.09 Å². The molecule has 0 heterocycles. The predicted molar refractivity (Wildman–Crippen MR) is 78.5 cm³/mol. The van der Waals surface area contributed by atoms with Crippen molar-refractivity contribution < 1.29 is 9.53 Å². The molecule has 0 aromatic heterocycles. The van der Waals surface area contributed by atoms with Gasteiger partial charge in [0.2, 0.25) is 0 Å². The molecule has 0 atom stereocenters. The van der Waals surface area contributed by atoms with E-state index in [2.05, 4.69) is 5.32 Å². The maximum Gasteiger partial charge on any atom is 0.411 e. The largest absolute Gasteiger partial charge is 0.444 e. The standard InChI is InChI=1S/C15H15NO2S/c1-19-14-10-6-5-9-13(14)16-15(17)18-11-12-7-3-2-4-8-12/h2-10H,11H2,1H3,(H,16,17).